The fourth-order valence-electron chi connectivity index (χ4n) is 1.95. The molecule has 0 aliphatic carbocycles. The maximum absolute atomic E-state index is 4.35. The van der Waals surface area contributed by atoms with Gasteiger partial charge in [-0.3, -0.25) is 4.98 Å². The molecule has 0 radical (unpaired) electrons. The van der Waals surface area contributed by atoms with Crippen LogP contribution in [0.4, 0.5) is 0 Å². The van der Waals surface area contributed by atoms with Crippen molar-refractivity contribution in [2.24, 2.45) is 0 Å². The molecule has 2 aromatic heterocycles. The van der Waals surface area contributed by atoms with Gasteiger partial charge in [0.05, 0.1) is 17.4 Å². The van der Waals surface area contributed by atoms with Crippen molar-refractivity contribution in [2.75, 3.05) is 0 Å². The van der Waals surface area contributed by atoms with Crippen LogP contribution in [0.2, 0.25) is 0 Å². The van der Waals surface area contributed by atoms with Gasteiger partial charge in [-0.2, -0.15) is 0 Å². The number of aryl methyl sites for hydroxylation is 1. The molecule has 0 saturated carbocycles. The van der Waals surface area contributed by atoms with Gasteiger partial charge >= 0.3 is 0 Å². The Kier molecular flexibility index (Phi) is 1.96. The summed E-state index contributed by atoms with van der Waals surface area (Å²) in [5.74, 6) is 0. The summed E-state index contributed by atoms with van der Waals surface area (Å²) in [7, 11) is 0. The molecule has 0 unspecified atom stereocenters. The van der Waals surface area contributed by atoms with Crippen molar-refractivity contribution in [1.29, 1.82) is 0 Å². The van der Waals surface area contributed by atoms with E-state index in [1.165, 1.54) is 0 Å². The normalized spacial score (nSPS) is 10.8. The number of aromatic nitrogens is 3. The lowest BCUT2D eigenvalue weighted by Crippen LogP contribution is -1.87. The topological polar surface area (TPSA) is 41.6 Å². The molecule has 2 heterocycles. The summed E-state index contributed by atoms with van der Waals surface area (Å²) in [5, 5.41) is 0. The summed E-state index contributed by atoms with van der Waals surface area (Å²) in [6.45, 7) is 2.01. The zero-order chi connectivity index (χ0) is 11.0. The van der Waals surface area contributed by atoms with Gasteiger partial charge in [0, 0.05) is 23.0 Å². The van der Waals surface area contributed by atoms with E-state index in [1.807, 2.05) is 31.3 Å². The van der Waals surface area contributed by atoms with Crippen molar-refractivity contribution >= 4 is 11.0 Å². The molecule has 0 aliphatic heterocycles. The molecule has 16 heavy (non-hydrogen) atoms. The van der Waals surface area contributed by atoms with Gasteiger partial charge in [0.1, 0.15) is 0 Å². The molecule has 1 N–H and O–H groups in total. The highest BCUT2D eigenvalue weighted by atomic mass is 14.9. The Morgan fingerprint density at radius 2 is 1.88 bits per heavy atom. The number of rotatable bonds is 1. The zero-order valence-electron chi connectivity index (χ0n) is 8.94. The number of imidazole rings is 1. The van der Waals surface area contributed by atoms with Crippen LogP contribution in [0.1, 0.15) is 5.69 Å². The molecule has 0 amide bonds. The molecule has 1 aromatic carbocycles. The van der Waals surface area contributed by atoms with E-state index in [-0.39, 0.29) is 0 Å². The van der Waals surface area contributed by atoms with Gasteiger partial charge in [-0.25, -0.2) is 4.98 Å². The van der Waals surface area contributed by atoms with Crippen LogP contribution < -0.4 is 0 Å². The van der Waals surface area contributed by atoms with E-state index in [4.69, 9.17) is 0 Å². The molecule has 3 heteroatoms. The summed E-state index contributed by atoms with van der Waals surface area (Å²) in [6.07, 6.45) is 3.53. The van der Waals surface area contributed by atoms with E-state index in [9.17, 15) is 0 Å². The molecule has 0 fully saturated rings. The van der Waals surface area contributed by atoms with Crippen LogP contribution in [0, 0.1) is 6.92 Å². The molecular weight excluding hydrogens is 198 g/mol. The Bertz CT molecular complexity index is 640. The van der Waals surface area contributed by atoms with Gasteiger partial charge in [-0.1, -0.05) is 18.2 Å². The molecule has 78 valence electrons. The summed E-state index contributed by atoms with van der Waals surface area (Å²) >= 11 is 0. The van der Waals surface area contributed by atoms with E-state index in [2.05, 4.69) is 27.1 Å². The molecule has 0 atom stereocenters. The van der Waals surface area contributed by atoms with Crippen molar-refractivity contribution in [2.45, 2.75) is 6.92 Å². The largest absolute Gasteiger partial charge is 0.345 e. The maximum atomic E-state index is 4.35. The smallest absolute Gasteiger partial charge is 0.0961 e. The van der Waals surface area contributed by atoms with Crippen LogP contribution in [-0.4, -0.2) is 15.0 Å². The Hall–Kier alpha value is -2.16. The van der Waals surface area contributed by atoms with E-state index in [0.29, 0.717) is 0 Å². The Morgan fingerprint density at radius 1 is 1.00 bits per heavy atom. The van der Waals surface area contributed by atoms with Gasteiger partial charge in [-0.05, 0) is 19.1 Å². The zero-order valence-corrected chi connectivity index (χ0v) is 8.94. The second kappa shape index (κ2) is 3.45. The number of benzene rings is 1. The summed E-state index contributed by atoms with van der Waals surface area (Å²) < 4.78 is 0. The third kappa shape index (κ3) is 1.29. The van der Waals surface area contributed by atoms with Gasteiger partial charge in [-0.15, -0.1) is 0 Å². The van der Waals surface area contributed by atoms with Crippen LogP contribution in [-0.2, 0) is 0 Å². The molecule has 3 rings (SSSR count). The standard InChI is InChI=1S/C13H11N3/c1-9-10(5-3-7-14-9)11-4-2-6-12-13(11)16-8-15-12/h2-8H,1H3,(H,15,16). The fourth-order valence-corrected chi connectivity index (χ4v) is 1.95. The predicted octanol–water partition coefficient (Wildman–Crippen LogP) is 2.93. The van der Waals surface area contributed by atoms with Crippen molar-refractivity contribution in [1.82, 2.24) is 15.0 Å². The highest BCUT2D eigenvalue weighted by molar-refractivity contribution is 5.92. The quantitative estimate of drug-likeness (QED) is 0.669. The lowest BCUT2D eigenvalue weighted by molar-refractivity contribution is 1.20. The number of pyridine rings is 1. The number of hydrogen-bond donors (Lipinski definition) is 1. The number of hydrogen-bond acceptors (Lipinski definition) is 2. The number of nitrogens with one attached hydrogen (secondary N) is 1. The Morgan fingerprint density at radius 3 is 2.75 bits per heavy atom. The summed E-state index contributed by atoms with van der Waals surface area (Å²) in [6, 6.07) is 10.2. The second-order valence-electron chi connectivity index (χ2n) is 3.74. The number of fused-ring (bicyclic) bond motifs is 1. The van der Waals surface area contributed by atoms with Crippen molar-refractivity contribution in [3.63, 3.8) is 0 Å². The van der Waals surface area contributed by atoms with Crippen molar-refractivity contribution in [3.8, 4) is 11.1 Å². The first-order valence-electron chi connectivity index (χ1n) is 5.20. The number of nitrogens with zero attached hydrogens (tertiary/aromatic N) is 2. The first-order chi connectivity index (χ1) is 7.86. The van der Waals surface area contributed by atoms with Crippen LogP contribution in [0.5, 0.6) is 0 Å². The molecule has 0 aliphatic rings. The average Bonchev–Trinajstić information content (AvgIpc) is 2.77. The first kappa shape index (κ1) is 9.09. The lowest BCUT2D eigenvalue weighted by atomic mass is 10.0. The van der Waals surface area contributed by atoms with E-state index in [1.54, 1.807) is 6.33 Å². The van der Waals surface area contributed by atoms with Gasteiger partial charge in [0.2, 0.25) is 0 Å². The Labute approximate surface area is 93.2 Å². The minimum Gasteiger partial charge on any atom is -0.345 e. The molecular formula is C13H11N3. The van der Waals surface area contributed by atoms with Crippen molar-refractivity contribution in [3.05, 3.63) is 48.5 Å². The SMILES string of the molecule is Cc1ncccc1-c1cccc2[nH]cnc12. The van der Waals surface area contributed by atoms with E-state index in [0.717, 1.165) is 27.9 Å². The van der Waals surface area contributed by atoms with Gasteiger partial charge < -0.3 is 4.98 Å². The second-order valence-corrected chi connectivity index (χ2v) is 3.74. The minimum absolute atomic E-state index is 0.999. The Balaban J connectivity index is 2.34. The van der Waals surface area contributed by atoms with Gasteiger partial charge in [0.25, 0.3) is 0 Å². The van der Waals surface area contributed by atoms with Crippen LogP contribution in [0.15, 0.2) is 42.9 Å². The van der Waals surface area contributed by atoms with E-state index >= 15 is 0 Å². The molecule has 0 spiro atoms. The summed E-state index contributed by atoms with van der Waals surface area (Å²) in [4.78, 5) is 11.8. The minimum atomic E-state index is 0.999. The third-order valence-electron chi connectivity index (χ3n) is 2.75. The maximum Gasteiger partial charge on any atom is 0.0961 e. The highest BCUT2D eigenvalue weighted by Gasteiger charge is 2.07. The first-order valence-corrected chi connectivity index (χ1v) is 5.20. The van der Waals surface area contributed by atoms with E-state index < -0.39 is 0 Å². The summed E-state index contributed by atoms with van der Waals surface area (Å²) in [5.41, 5.74) is 5.35. The fraction of sp³-hybridized carbons (Fsp3) is 0.0769. The van der Waals surface area contributed by atoms with Crippen LogP contribution in [0.25, 0.3) is 22.2 Å². The average molecular weight is 209 g/mol. The van der Waals surface area contributed by atoms with Crippen LogP contribution in [0.3, 0.4) is 0 Å². The molecule has 3 aromatic rings. The predicted molar refractivity (Wildman–Crippen MR) is 64.1 cm³/mol. The monoisotopic (exact) mass is 209 g/mol. The van der Waals surface area contributed by atoms with Gasteiger partial charge in [0.15, 0.2) is 0 Å². The number of H-pyrrole nitrogens is 1. The third-order valence-corrected chi connectivity index (χ3v) is 2.75. The highest BCUT2D eigenvalue weighted by Crippen LogP contribution is 2.27. The van der Waals surface area contributed by atoms with Crippen molar-refractivity contribution < 1.29 is 0 Å². The number of aromatic amines is 1. The molecule has 0 saturated heterocycles. The molecule has 0 bridgehead atoms. The lowest BCUT2D eigenvalue weighted by Gasteiger charge is -2.05. The number of para-hydroxylation sites is 1. The van der Waals surface area contributed by atoms with Crippen LogP contribution >= 0.6 is 0 Å². The molecule has 3 nitrogen and oxygen atoms in total.